The van der Waals surface area contributed by atoms with E-state index in [1.807, 2.05) is 18.2 Å². The summed E-state index contributed by atoms with van der Waals surface area (Å²) in [6.45, 7) is 3.27. The van der Waals surface area contributed by atoms with Gasteiger partial charge in [-0.05, 0) is 44.3 Å². The van der Waals surface area contributed by atoms with E-state index in [0.717, 1.165) is 57.5 Å². The molecule has 2 rings (SSSR count). The number of unbranched alkanes of at least 4 members (excludes halogenated alkanes) is 1. The Hall–Kier alpha value is -1.39. The zero-order valence-corrected chi connectivity index (χ0v) is 12.9. The number of hydrogen-bond acceptors (Lipinski definition) is 3. The Kier molecular flexibility index (Phi) is 6.21. The van der Waals surface area contributed by atoms with E-state index in [1.165, 1.54) is 0 Å². The van der Waals surface area contributed by atoms with Crippen molar-refractivity contribution >= 4 is 5.91 Å². The van der Waals surface area contributed by atoms with Gasteiger partial charge in [-0.15, -0.1) is 0 Å². The topological polar surface area (TPSA) is 50.4 Å². The fourth-order valence-corrected chi connectivity index (χ4v) is 3.00. The molecule has 1 aliphatic rings. The van der Waals surface area contributed by atoms with Crippen molar-refractivity contribution in [1.29, 1.82) is 0 Å². The summed E-state index contributed by atoms with van der Waals surface area (Å²) in [7, 11) is 1.71. The minimum atomic E-state index is -0.367. The van der Waals surface area contributed by atoms with Crippen LogP contribution in [0.15, 0.2) is 30.3 Å². The Morgan fingerprint density at radius 2 is 1.95 bits per heavy atom. The van der Waals surface area contributed by atoms with Gasteiger partial charge in [-0.2, -0.15) is 0 Å². The highest BCUT2D eigenvalue weighted by Gasteiger charge is 2.40. The smallest absolute Gasteiger partial charge is 0.230 e. The summed E-state index contributed by atoms with van der Waals surface area (Å²) in [5.41, 5.74) is 0.772. The molecular weight excluding hydrogens is 264 g/mol. The Labute approximate surface area is 127 Å². The maximum Gasteiger partial charge on any atom is 0.230 e. The van der Waals surface area contributed by atoms with E-state index in [1.54, 1.807) is 7.11 Å². The van der Waals surface area contributed by atoms with Crippen LogP contribution in [0.25, 0.3) is 0 Å². The van der Waals surface area contributed by atoms with Gasteiger partial charge < -0.3 is 15.4 Å². The van der Waals surface area contributed by atoms with Crippen LogP contribution in [-0.2, 0) is 14.9 Å². The Morgan fingerprint density at radius 3 is 2.62 bits per heavy atom. The number of hydrogen-bond donors (Lipinski definition) is 2. The molecule has 1 heterocycles. The number of rotatable bonds is 7. The average molecular weight is 290 g/mol. The number of ether oxygens (including phenoxy) is 1. The molecule has 1 amide bonds. The third kappa shape index (κ3) is 4.05. The van der Waals surface area contributed by atoms with Crippen LogP contribution >= 0.6 is 0 Å². The van der Waals surface area contributed by atoms with Crippen molar-refractivity contribution in [3.8, 4) is 0 Å². The summed E-state index contributed by atoms with van der Waals surface area (Å²) in [5, 5.41) is 6.48. The van der Waals surface area contributed by atoms with Gasteiger partial charge >= 0.3 is 0 Å². The lowest BCUT2D eigenvalue weighted by molar-refractivity contribution is -0.127. The Bertz CT molecular complexity index is 428. The second-order valence-electron chi connectivity index (χ2n) is 5.65. The molecule has 2 N–H and O–H groups in total. The van der Waals surface area contributed by atoms with Crippen molar-refractivity contribution in [3.05, 3.63) is 35.9 Å². The second kappa shape index (κ2) is 8.15. The summed E-state index contributed by atoms with van der Waals surface area (Å²) >= 11 is 0. The molecule has 1 aliphatic heterocycles. The number of carbonyl (C=O) groups excluding carboxylic acids is 1. The van der Waals surface area contributed by atoms with Crippen LogP contribution in [0.5, 0.6) is 0 Å². The molecule has 0 radical (unpaired) electrons. The summed E-state index contributed by atoms with van der Waals surface area (Å²) in [6, 6.07) is 10.2. The molecule has 0 atom stereocenters. The molecule has 21 heavy (non-hydrogen) atoms. The first-order valence-electron chi connectivity index (χ1n) is 7.83. The van der Waals surface area contributed by atoms with Crippen molar-refractivity contribution in [1.82, 2.24) is 10.6 Å². The number of nitrogens with one attached hydrogen (secondary N) is 2. The van der Waals surface area contributed by atoms with Gasteiger partial charge in [0, 0.05) is 20.3 Å². The molecule has 1 saturated heterocycles. The molecule has 1 aromatic rings. The maximum atomic E-state index is 12.8. The van der Waals surface area contributed by atoms with Gasteiger partial charge in [-0.1, -0.05) is 30.3 Å². The first-order valence-corrected chi connectivity index (χ1v) is 7.83. The lowest BCUT2D eigenvalue weighted by Gasteiger charge is -2.36. The second-order valence-corrected chi connectivity index (χ2v) is 5.65. The van der Waals surface area contributed by atoms with Gasteiger partial charge in [-0.25, -0.2) is 0 Å². The van der Waals surface area contributed by atoms with Crippen LogP contribution in [0.1, 0.15) is 31.2 Å². The van der Waals surface area contributed by atoms with E-state index in [4.69, 9.17) is 4.74 Å². The van der Waals surface area contributed by atoms with Gasteiger partial charge in [-0.3, -0.25) is 4.79 Å². The molecule has 4 nitrogen and oxygen atoms in total. The van der Waals surface area contributed by atoms with Crippen LogP contribution in [0.2, 0.25) is 0 Å². The fourth-order valence-electron chi connectivity index (χ4n) is 3.00. The molecule has 116 valence electrons. The van der Waals surface area contributed by atoms with Crippen LogP contribution in [0.4, 0.5) is 0 Å². The molecule has 0 unspecified atom stereocenters. The molecule has 4 heteroatoms. The SMILES string of the molecule is COCCCCNC(=O)C1(c2ccccc2)CCNCC1. The highest BCUT2D eigenvalue weighted by Crippen LogP contribution is 2.33. The minimum absolute atomic E-state index is 0.174. The van der Waals surface area contributed by atoms with E-state index >= 15 is 0 Å². The summed E-state index contributed by atoms with van der Waals surface area (Å²) < 4.78 is 5.03. The van der Waals surface area contributed by atoms with Crippen molar-refractivity contribution < 1.29 is 9.53 Å². The molecule has 0 aromatic heterocycles. The standard InChI is InChI=1S/C17H26N2O2/c1-21-14-6-5-11-19-16(20)17(9-12-18-13-10-17)15-7-3-2-4-8-15/h2-4,7-8,18H,5-6,9-14H2,1H3,(H,19,20). The Balaban J connectivity index is 2.01. The highest BCUT2D eigenvalue weighted by molar-refractivity contribution is 5.88. The number of benzene rings is 1. The van der Waals surface area contributed by atoms with Gasteiger partial charge in [0.2, 0.25) is 5.91 Å². The summed E-state index contributed by atoms with van der Waals surface area (Å²) in [6.07, 6.45) is 3.67. The Morgan fingerprint density at radius 1 is 1.24 bits per heavy atom. The lowest BCUT2D eigenvalue weighted by atomic mass is 9.72. The van der Waals surface area contributed by atoms with E-state index in [2.05, 4.69) is 22.8 Å². The van der Waals surface area contributed by atoms with Gasteiger partial charge in [0.15, 0.2) is 0 Å². The number of piperidine rings is 1. The first-order chi connectivity index (χ1) is 10.3. The van der Waals surface area contributed by atoms with Crippen LogP contribution in [-0.4, -0.2) is 39.3 Å². The van der Waals surface area contributed by atoms with Gasteiger partial charge in [0.05, 0.1) is 5.41 Å². The normalized spacial score (nSPS) is 17.4. The van der Waals surface area contributed by atoms with Crippen LogP contribution < -0.4 is 10.6 Å². The van der Waals surface area contributed by atoms with Crippen molar-refractivity contribution in [3.63, 3.8) is 0 Å². The number of methoxy groups -OCH3 is 1. The highest BCUT2D eigenvalue weighted by atomic mass is 16.5. The van der Waals surface area contributed by atoms with Crippen molar-refractivity contribution in [2.45, 2.75) is 31.1 Å². The number of amides is 1. The molecule has 0 aliphatic carbocycles. The third-order valence-corrected chi connectivity index (χ3v) is 4.28. The average Bonchev–Trinajstić information content (AvgIpc) is 2.56. The predicted octanol–water partition coefficient (Wildman–Crippen LogP) is 1.85. The maximum absolute atomic E-state index is 12.8. The fraction of sp³-hybridized carbons (Fsp3) is 0.588. The third-order valence-electron chi connectivity index (χ3n) is 4.28. The molecule has 0 bridgehead atoms. The van der Waals surface area contributed by atoms with E-state index < -0.39 is 0 Å². The van der Waals surface area contributed by atoms with Gasteiger partial charge in [0.1, 0.15) is 0 Å². The van der Waals surface area contributed by atoms with E-state index in [-0.39, 0.29) is 11.3 Å². The molecular formula is C17H26N2O2. The minimum Gasteiger partial charge on any atom is -0.385 e. The lowest BCUT2D eigenvalue weighted by Crippen LogP contribution is -2.50. The first kappa shape index (κ1) is 16.0. The van der Waals surface area contributed by atoms with Crippen molar-refractivity contribution in [2.75, 3.05) is 33.4 Å². The quantitative estimate of drug-likeness (QED) is 0.754. The zero-order valence-electron chi connectivity index (χ0n) is 12.9. The monoisotopic (exact) mass is 290 g/mol. The zero-order chi connectivity index (χ0) is 15.0. The summed E-state index contributed by atoms with van der Waals surface area (Å²) in [4.78, 5) is 12.8. The molecule has 0 spiro atoms. The van der Waals surface area contributed by atoms with E-state index in [9.17, 15) is 4.79 Å². The van der Waals surface area contributed by atoms with E-state index in [0.29, 0.717) is 0 Å². The summed E-state index contributed by atoms with van der Waals surface area (Å²) in [5.74, 6) is 0.174. The molecule has 0 saturated carbocycles. The van der Waals surface area contributed by atoms with Crippen LogP contribution in [0.3, 0.4) is 0 Å². The van der Waals surface area contributed by atoms with Crippen molar-refractivity contribution in [2.24, 2.45) is 0 Å². The number of carbonyl (C=O) groups is 1. The van der Waals surface area contributed by atoms with Gasteiger partial charge in [0.25, 0.3) is 0 Å². The molecule has 1 fully saturated rings. The van der Waals surface area contributed by atoms with Crippen LogP contribution in [0, 0.1) is 0 Å². The predicted molar refractivity (Wildman–Crippen MR) is 84.3 cm³/mol. The largest absolute Gasteiger partial charge is 0.385 e. The molecule has 1 aromatic carbocycles.